The van der Waals surface area contributed by atoms with Crippen molar-refractivity contribution in [2.45, 2.75) is 0 Å². The second kappa shape index (κ2) is 11.5. The molecule has 0 atom stereocenters. The molecule has 4 heteroatoms. The number of rotatable bonds is 4. The number of hydrogen-bond donors (Lipinski definition) is 0. The van der Waals surface area contributed by atoms with E-state index in [1.54, 1.807) is 0 Å². The molecule has 12 rings (SSSR count). The molecular weight excluding hydrogens is 693 g/mol. The van der Waals surface area contributed by atoms with E-state index >= 15 is 0 Å². The monoisotopic (exact) mass is 722 g/mol. The first-order valence-corrected chi connectivity index (χ1v) is 20.0. The van der Waals surface area contributed by atoms with E-state index in [0.717, 1.165) is 0 Å². The van der Waals surface area contributed by atoms with Gasteiger partial charge in [-0.15, -0.1) is 22.7 Å². The van der Waals surface area contributed by atoms with E-state index < -0.39 is 0 Å². The predicted molar refractivity (Wildman–Crippen MR) is 234 cm³/mol. The smallest absolute Gasteiger partial charge is 0.0890 e. The molecule has 0 radical (unpaired) electrons. The summed E-state index contributed by atoms with van der Waals surface area (Å²) in [6, 6.07) is 66.9. The first-order chi connectivity index (χ1) is 26.8. The highest BCUT2D eigenvalue weighted by atomic mass is 32.2. The zero-order valence-corrected chi connectivity index (χ0v) is 30.7. The molecule has 0 amide bonds. The molecule has 2 nitrogen and oxygen atoms in total. The van der Waals surface area contributed by atoms with Crippen molar-refractivity contribution in [1.82, 2.24) is 9.13 Å². The van der Waals surface area contributed by atoms with Crippen LogP contribution in [0.15, 0.2) is 182 Å². The maximum absolute atomic E-state index is 2.46. The third-order valence-electron chi connectivity index (χ3n) is 11.2. The zero-order valence-electron chi connectivity index (χ0n) is 29.0. The van der Waals surface area contributed by atoms with Gasteiger partial charge in [-0.25, -0.2) is 0 Å². The van der Waals surface area contributed by atoms with Gasteiger partial charge in [-0.3, -0.25) is 0 Å². The molecule has 252 valence electrons. The van der Waals surface area contributed by atoms with E-state index in [0.29, 0.717) is 0 Å². The maximum atomic E-state index is 2.46. The van der Waals surface area contributed by atoms with Crippen molar-refractivity contribution in [3.63, 3.8) is 0 Å². The second-order valence-electron chi connectivity index (χ2n) is 14.1. The normalized spacial score (nSPS) is 12.1. The van der Waals surface area contributed by atoms with Gasteiger partial charge in [0.25, 0.3) is 0 Å². The van der Waals surface area contributed by atoms with E-state index in [1.165, 1.54) is 107 Å². The van der Waals surface area contributed by atoms with Crippen LogP contribution < -0.4 is 0 Å². The summed E-state index contributed by atoms with van der Waals surface area (Å²) in [6.07, 6.45) is 0. The lowest BCUT2D eigenvalue weighted by Crippen LogP contribution is -1.94. The van der Waals surface area contributed by atoms with Gasteiger partial charge >= 0.3 is 0 Å². The van der Waals surface area contributed by atoms with Gasteiger partial charge in [0.2, 0.25) is 0 Å². The molecule has 54 heavy (non-hydrogen) atoms. The van der Waals surface area contributed by atoms with Gasteiger partial charge in [0, 0.05) is 58.5 Å². The lowest BCUT2D eigenvalue weighted by Gasteiger charge is -2.10. The topological polar surface area (TPSA) is 9.86 Å². The molecule has 12 aromatic rings. The molecule has 0 fully saturated rings. The minimum Gasteiger partial charge on any atom is -0.309 e. The van der Waals surface area contributed by atoms with Crippen LogP contribution in [0, 0.1) is 0 Å². The summed E-state index contributed by atoms with van der Waals surface area (Å²) in [7, 11) is 0. The molecule has 0 aliphatic heterocycles. The molecule has 0 saturated heterocycles. The molecule has 0 spiro atoms. The van der Waals surface area contributed by atoms with Gasteiger partial charge < -0.3 is 9.13 Å². The van der Waals surface area contributed by atoms with Gasteiger partial charge in [0.05, 0.1) is 26.1 Å². The van der Waals surface area contributed by atoms with E-state index in [4.69, 9.17) is 0 Å². The van der Waals surface area contributed by atoms with Crippen molar-refractivity contribution < 1.29 is 0 Å². The van der Waals surface area contributed by atoms with Crippen molar-refractivity contribution in [1.29, 1.82) is 0 Å². The minimum atomic E-state index is 1.19. The van der Waals surface area contributed by atoms with E-state index in [9.17, 15) is 0 Å². The molecular formula is C50H30N2S2. The van der Waals surface area contributed by atoms with Crippen LogP contribution in [0.2, 0.25) is 0 Å². The van der Waals surface area contributed by atoms with Crippen LogP contribution in [0.4, 0.5) is 0 Å². The summed E-state index contributed by atoms with van der Waals surface area (Å²) < 4.78 is 8.94. The number of benzene rings is 8. The summed E-state index contributed by atoms with van der Waals surface area (Å²) in [5.74, 6) is 0. The van der Waals surface area contributed by atoms with Crippen LogP contribution in [0.1, 0.15) is 0 Å². The molecule has 4 heterocycles. The Morgan fingerprint density at radius 3 is 1.22 bits per heavy atom. The number of fused-ring (bicyclic) bond motifs is 11. The quantitative estimate of drug-likeness (QED) is 0.171. The van der Waals surface area contributed by atoms with Crippen molar-refractivity contribution in [2.75, 3.05) is 0 Å². The van der Waals surface area contributed by atoms with E-state index in [2.05, 4.69) is 191 Å². The first kappa shape index (κ1) is 30.0. The summed E-state index contributed by atoms with van der Waals surface area (Å²) in [5, 5.41) is 9.12. The van der Waals surface area contributed by atoms with Crippen LogP contribution in [-0.2, 0) is 0 Å². The van der Waals surface area contributed by atoms with Crippen molar-refractivity contribution in [3.05, 3.63) is 182 Å². The van der Waals surface area contributed by atoms with Gasteiger partial charge in [0.15, 0.2) is 0 Å². The lowest BCUT2D eigenvalue weighted by atomic mass is 9.99. The number of hydrogen-bond acceptors (Lipinski definition) is 2. The summed E-state index contributed by atoms with van der Waals surface area (Å²) in [5.41, 5.74) is 12.3. The fraction of sp³-hybridized carbons (Fsp3) is 0. The van der Waals surface area contributed by atoms with E-state index in [-0.39, 0.29) is 0 Å². The lowest BCUT2D eigenvalue weighted by molar-refractivity contribution is 1.19. The Kier molecular flexibility index (Phi) is 6.41. The molecule has 0 saturated carbocycles. The van der Waals surface area contributed by atoms with Gasteiger partial charge in [-0.1, -0.05) is 121 Å². The fourth-order valence-corrected chi connectivity index (χ4v) is 11.4. The summed E-state index contributed by atoms with van der Waals surface area (Å²) >= 11 is 3.82. The summed E-state index contributed by atoms with van der Waals surface area (Å²) in [6.45, 7) is 0. The third-order valence-corrected chi connectivity index (χ3v) is 13.6. The Morgan fingerprint density at radius 2 is 0.741 bits per heavy atom. The highest BCUT2D eigenvalue weighted by molar-refractivity contribution is 7.44. The highest BCUT2D eigenvalue weighted by Crippen LogP contribution is 2.47. The number of nitrogens with zero attached hydrogens (tertiary/aromatic N) is 2. The minimum absolute atomic E-state index is 1.19. The Bertz CT molecular complexity index is 3210. The first-order valence-electron chi connectivity index (χ1n) is 18.3. The van der Waals surface area contributed by atoms with Crippen LogP contribution in [0.3, 0.4) is 0 Å². The number of para-hydroxylation sites is 2. The van der Waals surface area contributed by atoms with Crippen molar-refractivity contribution >= 4 is 95.9 Å². The SMILES string of the molecule is c1ccc(-c2cccc3c2c2ccccc2n3-c2ccc3sc4sc5ccc(-n6c7ccccc7c7c(-c8ccccc8)cccc76)cc5c4c3c2)cc1. The fourth-order valence-electron chi connectivity index (χ4n) is 8.88. The molecule has 4 aromatic heterocycles. The molecule has 0 aliphatic rings. The Hall–Kier alpha value is -6.46. The molecule has 8 aromatic carbocycles. The maximum Gasteiger partial charge on any atom is 0.0890 e. The van der Waals surface area contributed by atoms with Crippen molar-refractivity contribution in [3.8, 4) is 33.6 Å². The average molecular weight is 723 g/mol. The Morgan fingerprint density at radius 1 is 0.315 bits per heavy atom. The van der Waals surface area contributed by atoms with Gasteiger partial charge in [-0.2, -0.15) is 0 Å². The van der Waals surface area contributed by atoms with Crippen molar-refractivity contribution in [2.24, 2.45) is 0 Å². The molecule has 0 bridgehead atoms. The van der Waals surface area contributed by atoms with Gasteiger partial charge in [-0.05, 0) is 82.9 Å². The van der Waals surface area contributed by atoms with Crippen LogP contribution in [0.25, 0.3) is 107 Å². The molecule has 0 aliphatic carbocycles. The van der Waals surface area contributed by atoms with Gasteiger partial charge in [0.1, 0.15) is 0 Å². The summed E-state index contributed by atoms with van der Waals surface area (Å²) in [4.78, 5) is 0. The Labute approximate surface area is 319 Å². The van der Waals surface area contributed by atoms with E-state index in [1.807, 2.05) is 22.7 Å². The predicted octanol–water partition coefficient (Wildman–Crippen LogP) is 14.8. The van der Waals surface area contributed by atoms with Crippen LogP contribution in [-0.4, -0.2) is 9.13 Å². The highest BCUT2D eigenvalue weighted by Gasteiger charge is 2.20. The standard InChI is InChI=1S/C50H30N2S2/c1-3-13-31(14-4-1)35-19-11-23-43-47(35)37-17-7-9-21-41(37)51(43)33-25-27-45-39(29-33)49-40-30-34(26-28-46(40)54-50(49)53-45)52-42-22-10-8-18-38(42)48-36(20-12-24-44(48)52)32-15-5-2-6-16-32/h1-30H. The Balaban J connectivity index is 1.09. The average Bonchev–Trinajstić information content (AvgIpc) is 3.97. The largest absolute Gasteiger partial charge is 0.309 e. The number of aromatic nitrogens is 2. The van der Waals surface area contributed by atoms with Crippen LogP contribution in [0.5, 0.6) is 0 Å². The third kappa shape index (κ3) is 4.27. The molecule has 0 unspecified atom stereocenters. The zero-order chi connectivity index (χ0) is 35.3. The second-order valence-corrected chi connectivity index (χ2v) is 16.4. The molecule has 0 N–H and O–H groups in total. The van der Waals surface area contributed by atoms with Crippen LogP contribution >= 0.6 is 22.7 Å². The number of thiophene rings is 2.